The molecule has 0 aromatic rings. The second kappa shape index (κ2) is 8.16. The van der Waals surface area contributed by atoms with Gasteiger partial charge in [-0.05, 0) is 40.7 Å². The van der Waals surface area contributed by atoms with E-state index in [1.165, 1.54) is 26.8 Å². The highest BCUT2D eigenvalue weighted by atomic mass is 16.6. The molecule has 0 aromatic carbocycles. The van der Waals surface area contributed by atoms with Crippen LogP contribution in [-0.2, 0) is 19.1 Å². The maximum absolute atomic E-state index is 13.0. The molecule has 3 N–H and O–H groups in total. The number of hydrogen-bond acceptors (Lipinski definition) is 8. The van der Waals surface area contributed by atoms with Crippen molar-refractivity contribution in [2.45, 2.75) is 70.5 Å². The minimum absolute atomic E-state index is 0.167. The van der Waals surface area contributed by atoms with Gasteiger partial charge in [0, 0.05) is 18.1 Å². The average molecular weight is 413 g/mol. The lowest BCUT2D eigenvalue weighted by molar-refractivity contribution is -0.877. The smallest absolute Gasteiger partial charge is 0.344 e. The zero-order valence-electron chi connectivity index (χ0n) is 17.5. The van der Waals surface area contributed by atoms with Crippen molar-refractivity contribution in [2.75, 3.05) is 19.7 Å². The van der Waals surface area contributed by atoms with E-state index in [1.807, 2.05) is 0 Å². The number of hydrogen-bond donors (Lipinski definition) is 3. The Morgan fingerprint density at radius 1 is 1.38 bits per heavy atom. The molecule has 2 heterocycles. The topological polar surface area (TPSA) is 136 Å². The van der Waals surface area contributed by atoms with E-state index in [-0.39, 0.29) is 19.7 Å². The Kier molecular flexibility index (Phi) is 6.61. The molecule has 9 nitrogen and oxygen atoms in total. The predicted octanol–water partition coefficient (Wildman–Crippen LogP) is 0.317. The number of hydroxylamine groups is 3. The van der Waals surface area contributed by atoms with Crippen molar-refractivity contribution in [3.63, 3.8) is 0 Å². The third-order valence-corrected chi connectivity index (χ3v) is 5.59. The third kappa shape index (κ3) is 4.54. The number of carbonyl (C=O) groups excluding carboxylic acids is 2. The second-order valence-corrected chi connectivity index (χ2v) is 8.65. The van der Waals surface area contributed by atoms with E-state index in [1.54, 1.807) is 19.9 Å². The van der Waals surface area contributed by atoms with E-state index in [4.69, 9.17) is 9.47 Å². The first kappa shape index (κ1) is 23.5. The molecule has 0 bridgehead atoms. The Morgan fingerprint density at radius 2 is 2.00 bits per heavy atom. The number of carbonyl (C=O) groups is 2. The second-order valence-electron chi connectivity index (χ2n) is 8.65. The van der Waals surface area contributed by atoms with Gasteiger partial charge >= 0.3 is 11.9 Å². The van der Waals surface area contributed by atoms with E-state index in [2.05, 4.69) is 0 Å². The van der Waals surface area contributed by atoms with Crippen molar-refractivity contribution in [2.24, 2.45) is 0 Å². The maximum atomic E-state index is 13.0. The molecule has 2 rings (SSSR count). The molecule has 0 radical (unpaired) electrons. The van der Waals surface area contributed by atoms with Crippen LogP contribution in [0.1, 0.15) is 41.0 Å². The van der Waals surface area contributed by atoms with Gasteiger partial charge in [-0.1, -0.05) is 5.57 Å². The number of allylic oxidation sites excluding steroid dienone is 1. The van der Waals surface area contributed by atoms with Crippen LogP contribution >= 0.6 is 0 Å². The van der Waals surface area contributed by atoms with Crippen molar-refractivity contribution in [3.8, 4) is 0 Å². The number of esters is 2. The molecule has 0 spiro atoms. The van der Waals surface area contributed by atoms with Crippen LogP contribution < -0.4 is 0 Å². The van der Waals surface area contributed by atoms with Gasteiger partial charge < -0.3 is 34.6 Å². The maximum Gasteiger partial charge on any atom is 0.344 e. The number of nitrogens with zero attached hydrogens (tertiary/aromatic N) is 1. The summed E-state index contributed by atoms with van der Waals surface area (Å²) in [5.41, 5.74) is -3.24. The fraction of sp³-hybridized carbons (Fsp3) is 0.700. The van der Waals surface area contributed by atoms with Crippen molar-refractivity contribution < 1.29 is 39.0 Å². The minimum Gasteiger partial charge on any atom is -0.632 e. The van der Waals surface area contributed by atoms with Gasteiger partial charge in [-0.2, -0.15) is 0 Å². The van der Waals surface area contributed by atoms with Crippen molar-refractivity contribution in [3.05, 3.63) is 28.5 Å². The minimum atomic E-state index is -2.54. The largest absolute Gasteiger partial charge is 0.632 e. The molecule has 5 unspecified atom stereocenters. The Bertz CT molecular complexity index is 718. The van der Waals surface area contributed by atoms with Crippen LogP contribution in [0.25, 0.3) is 0 Å². The summed E-state index contributed by atoms with van der Waals surface area (Å²) in [4.78, 5) is 24.5. The quantitative estimate of drug-likeness (QED) is 0.178. The first-order chi connectivity index (χ1) is 13.2. The molecule has 29 heavy (non-hydrogen) atoms. The monoisotopic (exact) mass is 413 g/mol. The lowest BCUT2D eigenvalue weighted by atomic mass is 9.81. The van der Waals surface area contributed by atoms with E-state index >= 15 is 0 Å². The van der Waals surface area contributed by atoms with Crippen LogP contribution in [0, 0.1) is 5.21 Å². The Hall–Kier alpha value is -1.78. The van der Waals surface area contributed by atoms with Crippen LogP contribution in [0.2, 0.25) is 0 Å². The van der Waals surface area contributed by atoms with Crippen molar-refractivity contribution in [1.29, 1.82) is 0 Å². The normalized spacial score (nSPS) is 29.3. The van der Waals surface area contributed by atoms with Crippen LogP contribution in [0.3, 0.4) is 0 Å². The van der Waals surface area contributed by atoms with E-state index in [0.717, 1.165) is 5.57 Å². The first-order valence-electron chi connectivity index (χ1n) is 9.64. The molecule has 1 fully saturated rings. The summed E-state index contributed by atoms with van der Waals surface area (Å²) in [5.74, 6) is -1.73. The zero-order valence-corrected chi connectivity index (χ0v) is 17.5. The lowest BCUT2D eigenvalue weighted by Gasteiger charge is -2.41. The number of rotatable bonds is 7. The number of quaternary nitrogens is 1. The van der Waals surface area contributed by atoms with Gasteiger partial charge in [-0.3, -0.25) is 0 Å². The molecule has 0 aromatic heterocycles. The number of aliphatic hydroxyl groups excluding tert-OH is 1. The van der Waals surface area contributed by atoms with Crippen LogP contribution in [0.15, 0.2) is 23.3 Å². The average Bonchev–Trinajstić information content (AvgIpc) is 3.06. The van der Waals surface area contributed by atoms with Gasteiger partial charge in [0.05, 0.1) is 19.2 Å². The fourth-order valence-electron chi connectivity index (χ4n) is 3.96. The van der Waals surface area contributed by atoms with E-state index in [9.17, 15) is 30.1 Å². The first-order valence-corrected chi connectivity index (χ1v) is 9.64. The van der Waals surface area contributed by atoms with Crippen molar-refractivity contribution in [1.82, 2.24) is 0 Å². The number of ether oxygens (including phenoxy) is 2. The van der Waals surface area contributed by atoms with Crippen LogP contribution in [0.4, 0.5) is 0 Å². The molecule has 9 heteroatoms. The van der Waals surface area contributed by atoms with Crippen molar-refractivity contribution >= 4 is 11.9 Å². The standard InChI is InChI=1S/C20H31NO8/c1-12(2)10-16(23)29-15-7-9-21(27)8-6-14(17(15)21)11-28-18(24)20(26,13(3)22)19(4,5)25/h6,10,13,15,17,22,25-26H,7-9,11H2,1-5H3. The Balaban J connectivity index is 2.12. The van der Waals surface area contributed by atoms with E-state index in [0.29, 0.717) is 12.0 Å². The van der Waals surface area contributed by atoms with Gasteiger partial charge in [0.15, 0.2) is 12.1 Å². The van der Waals surface area contributed by atoms with Crippen LogP contribution in [-0.4, -0.2) is 81.1 Å². The molecular weight excluding hydrogens is 382 g/mol. The van der Waals surface area contributed by atoms with Gasteiger partial charge in [-0.15, -0.1) is 0 Å². The lowest BCUT2D eigenvalue weighted by Crippen LogP contribution is -2.63. The highest BCUT2D eigenvalue weighted by molar-refractivity contribution is 5.83. The molecule has 0 amide bonds. The number of fused-ring (bicyclic) bond motifs is 1. The Labute approximate surface area is 170 Å². The highest BCUT2D eigenvalue weighted by Crippen LogP contribution is 2.38. The molecule has 5 atom stereocenters. The van der Waals surface area contributed by atoms with Gasteiger partial charge in [0.1, 0.15) is 12.2 Å². The third-order valence-electron chi connectivity index (χ3n) is 5.59. The highest BCUT2D eigenvalue weighted by Gasteiger charge is 2.55. The summed E-state index contributed by atoms with van der Waals surface area (Å²) in [5, 5.41) is 43.5. The predicted molar refractivity (Wildman–Crippen MR) is 103 cm³/mol. The molecule has 1 saturated heterocycles. The zero-order chi connectivity index (χ0) is 22.2. The van der Waals surface area contributed by atoms with Crippen LogP contribution in [0.5, 0.6) is 0 Å². The Morgan fingerprint density at radius 3 is 2.52 bits per heavy atom. The summed E-state index contributed by atoms with van der Waals surface area (Å²) in [6, 6.07) is -0.695. The number of aliphatic hydroxyl groups is 3. The van der Waals surface area contributed by atoms with Gasteiger partial charge in [0.2, 0.25) is 5.60 Å². The summed E-state index contributed by atoms with van der Waals surface area (Å²) in [6.07, 6.45) is 1.15. The molecule has 164 valence electrons. The summed E-state index contributed by atoms with van der Waals surface area (Å²) in [6.45, 7) is 7.19. The van der Waals surface area contributed by atoms with Gasteiger partial charge in [-0.25, -0.2) is 9.59 Å². The van der Waals surface area contributed by atoms with Gasteiger partial charge in [0.25, 0.3) is 0 Å². The molecule has 0 saturated carbocycles. The summed E-state index contributed by atoms with van der Waals surface area (Å²) < 4.78 is 10.0. The SMILES string of the molecule is CC(C)=CC(=O)OC1CC[N+]2([O-])CC=C(COC(=O)C(O)(C(C)O)C(C)(C)O)C12. The van der Waals surface area contributed by atoms with E-state index < -0.39 is 46.0 Å². The molecule has 2 aliphatic heterocycles. The molecule has 2 aliphatic rings. The summed E-state index contributed by atoms with van der Waals surface area (Å²) in [7, 11) is 0. The molecule has 0 aliphatic carbocycles. The fourth-order valence-corrected chi connectivity index (χ4v) is 3.96. The summed E-state index contributed by atoms with van der Waals surface area (Å²) >= 11 is 0. The molecular formula is C20H31NO8.